The molecule has 1 aromatic carbocycles. The van der Waals surface area contributed by atoms with Crippen LogP contribution in [0.1, 0.15) is 17.3 Å². The van der Waals surface area contributed by atoms with Gasteiger partial charge in [0.2, 0.25) is 5.91 Å². The van der Waals surface area contributed by atoms with Crippen LogP contribution in [0.15, 0.2) is 47.1 Å². The van der Waals surface area contributed by atoms with E-state index in [1.54, 1.807) is 24.2 Å². The predicted molar refractivity (Wildman–Crippen MR) is 102 cm³/mol. The van der Waals surface area contributed by atoms with E-state index in [-0.39, 0.29) is 5.91 Å². The highest BCUT2D eigenvalue weighted by molar-refractivity contribution is 6.12. The van der Waals surface area contributed by atoms with E-state index in [2.05, 4.69) is 4.90 Å². The number of carbonyl (C=O) groups is 2. The Morgan fingerprint density at radius 1 is 1.07 bits per heavy atom. The predicted octanol–water partition coefficient (Wildman–Crippen LogP) is 2.26. The summed E-state index contributed by atoms with van der Waals surface area (Å²) in [4.78, 5) is 32.7. The average Bonchev–Trinajstić information content (AvgIpc) is 3.21. The van der Waals surface area contributed by atoms with Crippen molar-refractivity contribution in [3.8, 4) is 11.5 Å². The zero-order valence-corrected chi connectivity index (χ0v) is 15.0. The molecule has 0 radical (unpaired) electrons. The van der Waals surface area contributed by atoms with E-state index in [1.165, 1.54) is 0 Å². The molecule has 2 aromatic heterocycles. The first-order valence-electron chi connectivity index (χ1n) is 8.83. The van der Waals surface area contributed by atoms with Crippen molar-refractivity contribution in [2.75, 3.05) is 31.1 Å². The highest BCUT2D eigenvalue weighted by atomic mass is 16.3. The third-order valence-corrected chi connectivity index (χ3v) is 4.91. The zero-order valence-electron chi connectivity index (χ0n) is 15.0. The maximum Gasteiger partial charge on any atom is 0.251 e. The fourth-order valence-electron chi connectivity index (χ4n) is 3.59. The number of nitrogens with zero attached hydrogens (tertiary/aromatic N) is 3. The number of piperazine rings is 1. The van der Waals surface area contributed by atoms with Crippen molar-refractivity contribution in [1.82, 2.24) is 9.88 Å². The quantitative estimate of drug-likeness (QED) is 0.769. The van der Waals surface area contributed by atoms with Gasteiger partial charge in [0.25, 0.3) is 5.91 Å². The fraction of sp³-hybridized carbons (Fsp3) is 0.250. The third-order valence-electron chi connectivity index (χ3n) is 4.91. The van der Waals surface area contributed by atoms with Crippen LogP contribution in [0.4, 0.5) is 5.69 Å². The number of pyridine rings is 1. The highest BCUT2D eigenvalue weighted by Gasteiger charge is 2.28. The molecule has 1 aliphatic heterocycles. The lowest BCUT2D eigenvalue weighted by molar-refractivity contribution is -0.129. The van der Waals surface area contributed by atoms with Crippen LogP contribution in [-0.2, 0) is 4.79 Å². The minimum absolute atomic E-state index is 0.0488. The van der Waals surface area contributed by atoms with E-state index < -0.39 is 5.91 Å². The summed E-state index contributed by atoms with van der Waals surface area (Å²) in [5.74, 6) is 0.116. The Morgan fingerprint density at radius 3 is 2.44 bits per heavy atom. The van der Waals surface area contributed by atoms with Gasteiger partial charge in [0.15, 0.2) is 5.76 Å². The molecule has 1 fully saturated rings. The first-order chi connectivity index (χ1) is 13.1. The van der Waals surface area contributed by atoms with Gasteiger partial charge in [-0.3, -0.25) is 9.59 Å². The van der Waals surface area contributed by atoms with Crippen LogP contribution in [0.5, 0.6) is 0 Å². The van der Waals surface area contributed by atoms with Gasteiger partial charge in [0.05, 0.1) is 23.0 Å². The normalized spacial score (nSPS) is 14.6. The van der Waals surface area contributed by atoms with Gasteiger partial charge in [-0.15, -0.1) is 0 Å². The van der Waals surface area contributed by atoms with E-state index in [1.807, 2.05) is 30.3 Å². The van der Waals surface area contributed by atoms with Crippen LogP contribution in [-0.4, -0.2) is 47.9 Å². The Hall–Kier alpha value is -3.35. The number of fused-ring (bicyclic) bond motifs is 1. The summed E-state index contributed by atoms with van der Waals surface area (Å²) in [6.45, 7) is 3.91. The summed E-state index contributed by atoms with van der Waals surface area (Å²) in [5.41, 5.74) is 8.17. The fourth-order valence-corrected chi connectivity index (χ4v) is 3.59. The lowest BCUT2D eigenvalue weighted by Crippen LogP contribution is -2.48. The number of rotatable bonds is 3. The lowest BCUT2D eigenvalue weighted by Gasteiger charge is -2.37. The molecule has 2 amide bonds. The summed E-state index contributed by atoms with van der Waals surface area (Å²) < 4.78 is 5.59. The van der Waals surface area contributed by atoms with Crippen LogP contribution >= 0.6 is 0 Å². The molecule has 1 saturated heterocycles. The molecule has 0 atom stereocenters. The van der Waals surface area contributed by atoms with Gasteiger partial charge in [-0.05, 0) is 18.2 Å². The van der Waals surface area contributed by atoms with Gasteiger partial charge >= 0.3 is 0 Å². The van der Waals surface area contributed by atoms with E-state index in [9.17, 15) is 9.59 Å². The molecule has 1 aliphatic rings. The minimum atomic E-state index is -0.509. The molecule has 3 heterocycles. The van der Waals surface area contributed by atoms with Gasteiger partial charge in [0.1, 0.15) is 5.69 Å². The van der Waals surface area contributed by atoms with Crippen molar-refractivity contribution in [2.45, 2.75) is 6.92 Å². The number of primary amides is 1. The van der Waals surface area contributed by atoms with Gasteiger partial charge in [0, 0.05) is 38.5 Å². The maximum atomic E-state index is 12.4. The molecule has 3 aromatic rings. The number of furan rings is 1. The van der Waals surface area contributed by atoms with Gasteiger partial charge < -0.3 is 20.0 Å². The molecule has 0 saturated carbocycles. The SMILES string of the molecule is CC(=O)N1CCN(c2c(-c3ccco3)nc3ccccc3c2C(N)=O)CC1. The molecule has 2 N–H and O–H groups in total. The average molecular weight is 364 g/mol. The third kappa shape index (κ3) is 3.01. The zero-order chi connectivity index (χ0) is 19.0. The number of carbonyl (C=O) groups excluding carboxylic acids is 2. The van der Waals surface area contributed by atoms with Crippen LogP contribution < -0.4 is 10.6 Å². The first-order valence-corrected chi connectivity index (χ1v) is 8.83. The summed E-state index contributed by atoms with van der Waals surface area (Å²) in [6.07, 6.45) is 1.58. The number of anilines is 1. The molecule has 0 aliphatic carbocycles. The smallest absolute Gasteiger partial charge is 0.251 e. The van der Waals surface area contributed by atoms with Crippen LogP contribution in [0, 0.1) is 0 Å². The summed E-state index contributed by atoms with van der Waals surface area (Å²) in [6, 6.07) is 11.0. The van der Waals surface area contributed by atoms with E-state index in [4.69, 9.17) is 15.1 Å². The Bertz CT molecular complexity index is 1010. The number of benzene rings is 1. The van der Waals surface area contributed by atoms with Crippen molar-refractivity contribution in [3.05, 3.63) is 48.2 Å². The van der Waals surface area contributed by atoms with E-state index >= 15 is 0 Å². The summed E-state index contributed by atoms with van der Waals surface area (Å²) in [7, 11) is 0. The van der Waals surface area contributed by atoms with Crippen molar-refractivity contribution >= 4 is 28.4 Å². The molecule has 27 heavy (non-hydrogen) atoms. The molecule has 4 rings (SSSR count). The summed E-state index contributed by atoms with van der Waals surface area (Å²) in [5, 5.41) is 0.712. The molecule has 0 spiro atoms. The largest absolute Gasteiger partial charge is 0.463 e. The van der Waals surface area contributed by atoms with Crippen molar-refractivity contribution in [2.24, 2.45) is 5.73 Å². The molecule has 7 nitrogen and oxygen atoms in total. The standard InChI is InChI=1S/C20H20N4O3/c1-13(25)23-8-10-24(11-9-23)19-17(20(21)26)14-5-2-3-6-15(14)22-18(19)16-7-4-12-27-16/h2-7,12H,8-11H2,1H3,(H2,21,26). The molecule has 0 unspecified atom stereocenters. The highest BCUT2D eigenvalue weighted by Crippen LogP contribution is 2.37. The number of amides is 2. The molecule has 0 bridgehead atoms. The minimum Gasteiger partial charge on any atom is -0.463 e. The molecule has 7 heteroatoms. The van der Waals surface area contributed by atoms with Gasteiger partial charge in [-0.25, -0.2) is 4.98 Å². The van der Waals surface area contributed by atoms with Gasteiger partial charge in [-0.1, -0.05) is 18.2 Å². The number of hydrogen-bond acceptors (Lipinski definition) is 5. The van der Waals surface area contributed by atoms with Crippen molar-refractivity contribution in [1.29, 1.82) is 0 Å². The van der Waals surface area contributed by atoms with E-state index in [0.29, 0.717) is 59.8 Å². The second-order valence-corrected chi connectivity index (χ2v) is 6.54. The van der Waals surface area contributed by atoms with Crippen LogP contribution in [0.25, 0.3) is 22.4 Å². The Labute approximate surface area is 156 Å². The van der Waals surface area contributed by atoms with Crippen molar-refractivity contribution in [3.63, 3.8) is 0 Å². The monoisotopic (exact) mass is 364 g/mol. The lowest BCUT2D eigenvalue weighted by atomic mass is 10.0. The molecule has 138 valence electrons. The number of aromatic nitrogens is 1. The number of para-hydroxylation sites is 1. The maximum absolute atomic E-state index is 12.4. The number of hydrogen-bond donors (Lipinski definition) is 1. The van der Waals surface area contributed by atoms with Gasteiger partial charge in [-0.2, -0.15) is 0 Å². The summed E-state index contributed by atoms with van der Waals surface area (Å²) >= 11 is 0. The van der Waals surface area contributed by atoms with E-state index in [0.717, 1.165) is 0 Å². The molecular formula is C20H20N4O3. The Balaban J connectivity index is 1.91. The van der Waals surface area contributed by atoms with Crippen molar-refractivity contribution < 1.29 is 14.0 Å². The van der Waals surface area contributed by atoms with Crippen LogP contribution in [0.2, 0.25) is 0 Å². The number of nitrogens with two attached hydrogens (primary N) is 1. The second-order valence-electron chi connectivity index (χ2n) is 6.54. The Kier molecular flexibility index (Phi) is 4.27. The second kappa shape index (κ2) is 6.75. The topological polar surface area (TPSA) is 92.7 Å². The molecular weight excluding hydrogens is 344 g/mol. The first kappa shape index (κ1) is 17.1. The van der Waals surface area contributed by atoms with Crippen LogP contribution in [0.3, 0.4) is 0 Å². The Morgan fingerprint density at radius 2 is 1.81 bits per heavy atom.